The van der Waals surface area contributed by atoms with Crippen molar-refractivity contribution in [3.63, 3.8) is 0 Å². The maximum atomic E-state index is 12.1. The van der Waals surface area contributed by atoms with Crippen LogP contribution in [-0.4, -0.2) is 27.1 Å². The van der Waals surface area contributed by atoms with Gasteiger partial charge in [0.05, 0.1) is 0 Å². The van der Waals surface area contributed by atoms with E-state index in [0.717, 1.165) is 29.8 Å². The van der Waals surface area contributed by atoms with Gasteiger partial charge in [0.1, 0.15) is 11.3 Å². The van der Waals surface area contributed by atoms with Crippen molar-refractivity contribution < 1.29 is 4.79 Å². The molecule has 0 atom stereocenters. The predicted octanol–water partition coefficient (Wildman–Crippen LogP) is 4.56. The number of hydrogen-bond donors (Lipinski definition) is 2. The van der Waals surface area contributed by atoms with Crippen molar-refractivity contribution in [3.05, 3.63) is 53.4 Å². The molecular formula is C20H22ClN5O. The summed E-state index contributed by atoms with van der Waals surface area (Å²) in [5.41, 5.74) is 2.54. The minimum atomic E-state index is -0.251. The van der Waals surface area contributed by atoms with Gasteiger partial charge in [0.15, 0.2) is 5.65 Å². The predicted molar refractivity (Wildman–Crippen MR) is 107 cm³/mol. The molecule has 4 rings (SSSR count). The van der Waals surface area contributed by atoms with Gasteiger partial charge < -0.3 is 15.2 Å². The molecule has 0 radical (unpaired) electrons. The van der Waals surface area contributed by atoms with E-state index >= 15 is 0 Å². The molecule has 0 aliphatic heterocycles. The zero-order chi connectivity index (χ0) is 18.6. The number of anilines is 1. The molecule has 3 aromatic rings. The molecule has 27 heavy (non-hydrogen) atoms. The molecule has 1 aromatic carbocycles. The Kier molecular flexibility index (Phi) is 5.25. The van der Waals surface area contributed by atoms with Crippen LogP contribution < -0.4 is 10.6 Å². The standard InChI is InChI=1S/C20H22ClN5O/c21-14-5-3-6-15(13-14)24-20(27)23-12-10-18-25-17-9-4-11-22-19(17)26(18)16-7-1-2-8-16/h3-6,9,11,13,16H,1-2,7-8,10,12H2,(H2,23,24,27). The average Bonchev–Trinajstić information content (AvgIpc) is 3.28. The molecule has 7 heteroatoms. The lowest BCUT2D eigenvalue weighted by Crippen LogP contribution is -2.31. The van der Waals surface area contributed by atoms with Gasteiger partial charge in [-0.05, 0) is 43.2 Å². The fourth-order valence-electron chi connectivity index (χ4n) is 3.73. The van der Waals surface area contributed by atoms with E-state index in [2.05, 4.69) is 20.2 Å². The van der Waals surface area contributed by atoms with Crippen LogP contribution in [0.25, 0.3) is 11.2 Å². The van der Waals surface area contributed by atoms with E-state index in [9.17, 15) is 4.79 Å². The van der Waals surface area contributed by atoms with E-state index in [1.165, 1.54) is 12.8 Å². The molecule has 0 bridgehead atoms. The van der Waals surface area contributed by atoms with Gasteiger partial charge in [-0.15, -0.1) is 0 Å². The number of pyridine rings is 1. The highest BCUT2D eigenvalue weighted by atomic mass is 35.5. The first-order chi connectivity index (χ1) is 13.2. The van der Waals surface area contributed by atoms with Gasteiger partial charge in [0.2, 0.25) is 0 Å². The number of benzene rings is 1. The molecule has 2 N–H and O–H groups in total. The molecule has 0 saturated heterocycles. The van der Waals surface area contributed by atoms with Crippen LogP contribution in [0.15, 0.2) is 42.6 Å². The van der Waals surface area contributed by atoms with Crippen LogP contribution in [0.1, 0.15) is 37.5 Å². The summed E-state index contributed by atoms with van der Waals surface area (Å²) < 4.78 is 2.28. The number of fused-ring (bicyclic) bond motifs is 1. The molecule has 2 heterocycles. The number of halogens is 1. The van der Waals surface area contributed by atoms with Crippen molar-refractivity contribution in [1.82, 2.24) is 19.9 Å². The fourth-order valence-corrected chi connectivity index (χ4v) is 3.92. The largest absolute Gasteiger partial charge is 0.337 e. The van der Waals surface area contributed by atoms with Crippen molar-refractivity contribution in [2.75, 3.05) is 11.9 Å². The summed E-state index contributed by atoms with van der Waals surface area (Å²) in [5, 5.41) is 6.27. The van der Waals surface area contributed by atoms with Gasteiger partial charge in [0.25, 0.3) is 0 Å². The summed E-state index contributed by atoms with van der Waals surface area (Å²) >= 11 is 5.94. The number of carbonyl (C=O) groups is 1. The number of hydrogen-bond acceptors (Lipinski definition) is 3. The normalized spacial score (nSPS) is 14.6. The van der Waals surface area contributed by atoms with Gasteiger partial charge in [-0.1, -0.05) is 30.5 Å². The van der Waals surface area contributed by atoms with E-state index in [1.807, 2.05) is 18.3 Å². The summed E-state index contributed by atoms with van der Waals surface area (Å²) in [6.07, 6.45) is 7.30. The zero-order valence-electron chi connectivity index (χ0n) is 15.0. The number of imidazole rings is 1. The van der Waals surface area contributed by atoms with Crippen LogP contribution in [0, 0.1) is 0 Å². The average molecular weight is 384 g/mol. The number of nitrogens with zero attached hydrogens (tertiary/aromatic N) is 3. The van der Waals surface area contributed by atoms with Crippen LogP contribution in [-0.2, 0) is 6.42 Å². The third-order valence-corrected chi connectivity index (χ3v) is 5.16. The quantitative estimate of drug-likeness (QED) is 0.678. The first-order valence-electron chi connectivity index (χ1n) is 9.33. The van der Waals surface area contributed by atoms with Crippen molar-refractivity contribution in [2.24, 2.45) is 0 Å². The van der Waals surface area contributed by atoms with E-state index in [1.54, 1.807) is 24.3 Å². The van der Waals surface area contributed by atoms with Crippen LogP contribution in [0.3, 0.4) is 0 Å². The molecule has 2 aromatic heterocycles. The highest BCUT2D eigenvalue weighted by molar-refractivity contribution is 6.30. The second-order valence-electron chi connectivity index (χ2n) is 6.82. The Balaban J connectivity index is 1.42. The second-order valence-corrected chi connectivity index (χ2v) is 7.26. The lowest BCUT2D eigenvalue weighted by atomic mass is 10.2. The first-order valence-corrected chi connectivity index (χ1v) is 9.71. The number of aromatic nitrogens is 3. The Bertz CT molecular complexity index is 948. The van der Waals surface area contributed by atoms with E-state index in [0.29, 0.717) is 29.7 Å². The van der Waals surface area contributed by atoms with E-state index in [-0.39, 0.29) is 6.03 Å². The maximum absolute atomic E-state index is 12.1. The van der Waals surface area contributed by atoms with Crippen LogP contribution in [0.4, 0.5) is 10.5 Å². The molecule has 1 fully saturated rings. The monoisotopic (exact) mass is 383 g/mol. The minimum absolute atomic E-state index is 0.251. The number of carbonyl (C=O) groups excluding carboxylic acids is 1. The topological polar surface area (TPSA) is 71.8 Å². The van der Waals surface area contributed by atoms with Gasteiger partial charge in [-0.25, -0.2) is 14.8 Å². The minimum Gasteiger partial charge on any atom is -0.337 e. The number of rotatable bonds is 5. The summed E-state index contributed by atoms with van der Waals surface area (Å²) in [5.74, 6) is 0.985. The molecule has 1 aliphatic rings. The summed E-state index contributed by atoms with van der Waals surface area (Å²) in [6.45, 7) is 0.502. The van der Waals surface area contributed by atoms with Gasteiger partial charge in [-0.2, -0.15) is 0 Å². The van der Waals surface area contributed by atoms with Gasteiger partial charge in [-0.3, -0.25) is 0 Å². The highest BCUT2D eigenvalue weighted by Gasteiger charge is 2.23. The number of amides is 2. The number of nitrogens with one attached hydrogen (secondary N) is 2. The van der Waals surface area contributed by atoms with Crippen LogP contribution in [0.5, 0.6) is 0 Å². The van der Waals surface area contributed by atoms with Crippen LogP contribution in [0.2, 0.25) is 5.02 Å². The van der Waals surface area contributed by atoms with Gasteiger partial charge in [0, 0.05) is 35.9 Å². The molecule has 1 saturated carbocycles. The van der Waals surface area contributed by atoms with Crippen molar-refractivity contribution >= 4 is 34.5 Å². The molecule has 6 nitrogen and oxygen atoms in total. The Hall–Kier alpha value is -2.60. The lowest BCUT2D eigenvalue weighted by molar-refractivity contribution is 0.252. The molecule has 2 amide bonds. The third-order valence-electron chi connectivity index (χ3n) is 4.93. The summed E-state index contributed by atoms with van der Waals surface area (Å²) in [6, 6.07) is 11.2. The van der Waals surface area contributed by atoms with E-state index in [4.69, 9.17) is 16.6 Å². The molecule has 1 aliphatic carbocycles. The van der Waals surface area contributed by atoms with Crippen molar-refractivity contribution in [2.45, 2.75) is 38.1 Å². The Morgan fingerprint density at radius 1 is 1.22 bits per heavy atom. The molecular weight excluding hydrogens is 362 g/mol. The Labute approximate surface area is 163 Å². The summed E-state index contributed by atoms with van der Waals surface area (Å²) in [7, 11) is 0. The third kappa shape index (κ3) is 4.06. The van der Waals surface area contributed by atoms with E-state index < -0.39 is 0 Å². The Morgan fingerprint density at radius 2 is 2.07 bits per heavy atom. The molecule has 0 unspecified atom stereocenters. The molecule has 0 spiro atoms. The first kappa shape index (κ1) is 17.8. The number of urea groups is 1. The Morgan fingerprint density at radius 3 is 2.89 bits per heavy atom. The molecule has 140 valence electrons. The highest BCUT2D eigenvalue weighted by Crippen LogP contribution is 2.33. The second kappa shape index (κ2) is 7.96. The maximum Gasteiger partial charge on any atom is 0.319 e. The van der Waals surface area contributed by atoms with Crippen molar-refractivity contribution in [3.8, 4) is 0 Å². The SMILES string of the molecule is O=C(NCCc1nc2cccnc2n1C1CCCC1)Nc1cccc(Cl)c1. The van der Waals surface area contributed by atoms with Crippen molar-refractivity contribution in [1.29, 1.82) is 0 Å². The zero-order valence-corrected chi connectivity index (χ0v) is 15.7. The van der Waals surface area contributed by atoms with Gasteiger partial charge >= 0.3 is 6.03 Å². The smallest absolute Gasteiger partial charge is 0.319 e. The van der Waals surface area contributed by atoms with Crippen LogP contribution >= 0.6 is 11.6 Å². The lowest BCUT2D eigenvalue weighted by Gasteiger charge is -2.16. The summed E-state index contributed by atoms with van der Waals surface area (Å²) in [4.78, 5) is 21.4. The fraction of sp³-hybridized carbons (Fsp3) is 0.350.